The summed E-state index contributed by atoms with van der Waals surface area (Å²) in [5.41, 5.74) is 3.38. The molecule has 3 aromatic carbocycles. The fourth-order valence-electron chi connectivity index (χ4n) is 4.71. The number of hydrogen-bond donors (Lipinski definition) is 0. The van der Waals surface area contributed by atoms with Crippen molar-refractivity contribution in [3.63, 3.8) is 0 Å². The summed E-state index contributed by atoms with van der Waals surface area (Å²) < 4.78 is 13.3. The number of anilines is 1. The molecule has 1 aliphatic rings. The second kappa shape index (κ2) is 10.6. The molecule has 0 saturated carbocycles. The van der Waals surface area contributed by atoms with Crippen LogP contribution in [-0.4, -0.2) is 65.5 Å². The molecule has 1 atom stereocenters. The molecule has 1 unspecified atom stereocenters. The Kier molecular flexibility index (Phi) is 6.90. The Morgan fingerprint density at radius 3 is 2.23 bits per heavy atom. The van der Waals surface area contributed by atoms with Crippen molar-refractivity contribution in [3.05, 3.63) is 95.8 Å². The lowest BCUT2D eigenvalue weighted by Gasteiger charge is -2.40. The van der Waals surface area contributed by atoms with Crippen molar-refractivity contribution in [3.8, 4) is 11.5 Å². The average Bonchev–Trinajstić information content (AvgIpc) is 3.37. The SMILES string of the molecule is COc1ccc(OC)c(C(c2nnnn2Cc2ccccc2)N2CCN(c3ccccc3)CC2)c1. The monoisotopic (exact) mass is 470 g/mol. The molecular weight excluding hydrogens is 440 g/mol. The Morgan fingerprint density at radius 1 is 0.829 bits per heavy atom. The molecule has 8 nitrogen and oxygen atoms in total. The molecule has 0 bridgehead atoms. The van der Waals surface area contributed by atoms with E-state index in [-0.39, 0.29) is 6.04 Å². The molecule has 0 N–H and O–H groups in total. The van der Waals surface area contributed by atoms with Crippen molar-refractivity contribution >= 4 is 5.69 Å². The number of tetrazole rings is 1. The lowest BCUT2D eigenvalue weighted by molar-refractivity contribution is 0.197. The van der Waals surface area contributed by atoms with Gasteiger partial charge >= 0.3 is 0 Å². The van der Waals surface area contributed by atoms with Gasteiger partial charge in [0.15, 0.2) is 5.82 Å². The van der Waals surface area contributed by atoms with E-state index >= 15 is 0 Å². The summed E-state index contributed by atoms with van der Waals surface area (Å²) in [6.45, 7) is 4.13. The zero-order valence-corrected chi connectivity index (χ0v) is 20.1. The zero-order valence-electron chi connectivity index (χ0n) is 20.1. The Morgan fingerprint density at radius 2 is 1.54 bits per heavy atom. The Labute approximate surface area is 205 Å². The predicted molar refractivity (Wildman–Crippen MR) is 135 cm³/mol. The van der Waals surface area contributed by atoms with Crippen LogP contribution in [0, 0.1) is 0 Å². The maximum atomic E-state index is 5.79. The van der Waals surface area contributed by atoms with Crippen LogP contribution in [0.5, 0.6) is 11.5 Å². The molecule has 8 heteroatoms. The third-order valence-electron chi connectivity index (χ3n) is 6.51. The summed E-state index contributed by atoms with van der Waals surface area (Å²) in [4.78, 5) is 4.85. The van der Waals surface area contributed by atoms with Crippen LogP contribution in [0.4, 0.5) is 5.69 Å². The first kappa shape index (κ1) is 22.9. The van der Waals surface area contributed by atoms with E-state index in [9.17, 15) is 0 Å². The van der Waals surface area contributed by atoms with Crippen molar-refractivity contribution in [1.82, 2.24) is 25.1 Å². The molecule has 0 radical (unpaired) electrons. The summed E-state index contributed by atoms with van der Waals surface area (Å²) in [6.07, 6.45) is 0. The summed E-state index contributed by atoms with van der Waals surface area (Å²) >= 11 is 0. The van der Waals surface area contributed by atoms with Crippen LogP contribution in [0.2, 0.25) is 0 Å². The molecule has 1 fully saturated rings. The standard InChI is InChI=1S/C27H30N6O2/c1-34-23-13-14-25(35-2)24(19-23)26(27-28-29-30-33(27)20-21-9-5-3-6-10-21)32-17-15-31(16-18-32)22-11-7-4-8-12-22/h3-14,19,26H,15-18,20H2,1-2H3. The van der Waals surface area contributed by atoms with Gasteiger partial charge < -0.3 is 14.4 Å². The normalized spacial score (nSPS) is 15.1. The minimum Gasteiger partial charge on any atom is -0.497 e. The van der Waals surface area contributed by atoms with E-state index in [0.717, 1.165) is 54.6 Å². The van der Waals surface area contributed by atoms with Gasteiger partial charge in [0.05, 0.1) is 20.8 Å². The topological polar surface area (TPSA) is 68.5 Å². The van der Waals surface area contributed by atoms with Crippen LogP contribution >= 0.6 is 0 Å². The van der Waals surface area contributed by atoms with Crippen molar-refractivity contribution in [2.24, 2.45) is 0 Å². The van der Waals surface area contributed by atoms with Crippen molar-refractivity contribution in [1.29, 1.82) is 0 Å². The fraction of sp³-hybridized carbons (Fsp3) is 0.296. The highest BCUT2D eigenvalue weighted by Gasteiger charge is 2.33. The van der Waals surface area contributed by atoms with Gasteiger partial charge in [-0.05, 0) is 46.3 Å². The predicted octanol–water partition coefficient (Wildman–Crippen LogP) is 3.65. The van der Waals surface area contributed by atoms with E-state index < -0.39 is 0 Å². The molecule has 0 amide bonds. The quantitative estimate of drug-likeness (QED) is 0.389. The van der Waals surface area contributed by atoms with E-state index in [4.69, 9.17) is 9.47 Å². The van der Waals surface area contributed by atoms with Crippen molar-refractivity contribution < 1.29 is 9.47 Å². The molecule has 1 saturated heterocycles. The molecular formula is C27H30N6O2. The Hall–Kier alpha value is -3.91. The maximum Gasteiger partial charge on any atom is 0.173 e. The lowest BCUT2D eigenvalue weighted by atomic mass is 10.0. The average molecular weight is 471 g/mol. The number of para-hydroxylation sites is 1. The molecule has 180 valence electrons. The van der Waals surface area contributed by atoms with Gasteiger partial charge in [-0.25, -0.2) is 4.68 Å². The van der Waals surface area contributed by atoms with Gasteiger partial charge in [0, 0.05) is 37.4 Å². The second-order valence-electron chi connectivity index (χ2n) is 8.55. The fourth-order valence-corrected chi connectivity index (χ4v) is 4.71. The van der Waals surface area contributed by atoms with Crippen LogP contribution in [0.1, 0.15) is 23.0 Å². The number of methoxy groups -OCH3 is 2. The number of ether oxygens (including phenoxy) is 2. The highest BCUT2D eigenvalue weighted by Crippen LogP contribution is 2.37. The molecule has 0 spiro atoms. The molecule has 5 rings (SSSR count). The molecule has 1 aliphatic heterocycles. The van der Waals surface area contributed by atoms with Crippen LogP contribution in [0.25, 0.3) is 0 Å². The minimum atomic E-state index is -0.184. The van der Waals surface area contributed by atoms with Crippen LogP contribution in [0.15, 0.2) is 78.9 Å². The Bertz CT molecular complexity index is 1220. The van der Waals surface area contributed by atoms with Crippen molar-refractivity contribution in [2.45, 2.75) is 12.6 Å². The van der Waals surface area contributed by atoms with Gasteiger partial charge in [0.25, 0.3) is 0 Å². The number of piperazine rings is 1. The van der Waals surface area contributed by atoms with Gasteiger partial charge in [-0.3, -0.25) is 4.90 Å². The largest absolute Gasteiger partial charge is 0.497 e. The van der Waals surface area contributed by atoms with E-state index in [1.807, 2.05) is 41.1 Å². The summed E-state index contributed by atoms with van der Waals surface area (Å²) in [6, 6.07) is 26.5. The number of nitrogens with zero attached hydrogens (tertiary/aromatic N) is 6. The number of rotatable bonds is 8. The summed E-state index contributed by atoms with van der Waals surface area (Å²) in [5.74, 6) is 2.35. The second-order valence-corrected chi connectivity index (χ2v) is 8.55. The first-order valence-electron chi connectivity index (χ1n) is 11.8. The molecule has 2 heterocycles. The van der Waals surface area contributed by atoms with Gasteiger partial charge in [-0.1, -0.05) is 48.5 Å². The third kappa shape index (κ3) is 4.97. The lowest BCUT2D eigenvalue weighted by Crippen LogP contribution is -2.48. The third-order valence-corrected chi connectivity index (χ3v) is 6.51. The summed E-state index contributed by atoms with van der Waals surface area (Å²) in [5, 5.41) is 13.0. The Balaban J connectivity index is 1.50. The molecule has 1 aromatic heterocycles. The highest BCUT2D eigenvalue weighted by molar-refractivity contribution is 5.47. The number of benzene rings is 3. The number of hydrogen-bond acceptors (Lipinski definition) is 7. The van der Waals surface area contributed by atoms with E-state index in [1.165, 1.54) is 5.69 Å². The molecule has 0 aliphatic carbocycles. The van der Waals surface area contributed by atoms with E-state index in [2.05, 4.69) is 67.8 Å². The first-order chi connectivity index (χ1) is 17.3. The number of aromatic nitrogens is 4. The first-order valence-corrected chi connectivity index (χ1v) is 11.8. The van der Waals surface area contributed by atoms with Gasteiger partial charge in [-0.15, -0.1) is 5.10 Å². The van der Waals surface area contributed by atoms with Crippen molar-refractivity contribution in [2.75, 3.05) is 45.3 Å². The smallest absolute Gasteiger partial charge is 0.173 e. The van der Waals surface area contributed by atoms with Gasteiger partial charge in [0.2, 0.25) is 0 Å². The van der Waals surface area contributed by atoms with Gasteiger partial charge in [0.1, 0.15) is 17.5 Å². The molecule has 4 aromatic rings. The van der Waals surface area contributed by atoms with Crippen LogP contribution in [-0.2, 0) is 6.54 Å². The van der Waals surface area contributed by atoms with E-state index in [1.54, 1.807) is 14.2 Å². The van der Waals surface area contributed by atoms with Gasteiger partial charge in [-0.2, -0.15) is 0 Å². The van der Waals surface area contributed by atoms with E-state index in [0.29, 0.717) is 6.54 Å². The maximum absolute atomic E-state index is 5.79. The minimum absolute atomic E-state index is 0.184. The van der Waals surface area contributed by atoms with Crippen LogP contribution in [0.3, 0.4) is 0 Å². The highest BCUT2D eigenvalue weighted by atomic mass is 16.5. The summed E-state index contributed by atoms with van der Waals surface area (Å²) in [7, 11) is 3.38. The zero-order chi connectivity index (χ0) is 24.0. The molecule has 35 heavy (non-hydrogen) atoms. The van der Waals surface area contributed by atoms with Crippen LogP contribution < -0.4 is 14.4 Å².